The van der Waals surface area contributed by atoms with Crippen LogP contribution in [0.2, 0.25) is 0 Å². The van der Waals surface area contributed by atoms with E-state index in [1.165, 1.54) is 4.90 Å². The van der Waals surface area contributed by atoms with Crippen molar-refractivity contribution in [2.24, 2.45) is 0 Å². The van der Waals surface area contributed by atoms with Gasteiger partial charge in [0.25, 0.3) is 5.91 Å². The van der Waals surface area contributed by atoms with Crippen molar-refractivity contribution < 1.29 is 14.7 Å². The Hall–Kier alpha value is -3.60. The highest BCUT2D eigenvalue weighted by Crippen LogP contribution is 2.40. The molecule has 1 atom stereocenters. The van der Waals surface area contributed by atoms with Crippen LogP contribution in [-0.2, 0) is 0 Å². The number of hydrogen-bond donors (Lipinski definition) is 1. The molecule has 2 amide bonds. The van der Waals surface area contributed by atoms with Crippen molar-refractivity contribution in [1.82, 2.24) is 0 Å². The largest absolute Gasteiger partial charge is 0.465 e. The number of carbonyl (C=O) groups excluding carboxylic acids is 1. The van der Waals surface area contributed by atoms with E-state index in [9.17, 15) is 14.7 Å². The van der Waals surface area contributed by atoms with Gasteiger partial charge in [-0.15, -0.1) is 0 Å². The first-order chi connectivity index (χ1) is 14.9. The molecule has 3 aromatic rings. The minimum absolute atomic E-state index is 0.118. The Kier molecular flexibility index (Phi) is 5.51. The quantitative estimate of drug-likeness (QED) is 0.581. The summed E-state index contributed by atoms with van der Waals surface area (Å²) in [4.78, 5) is 29.1. The van der Waals surface area contributed by atoms with Crippen molar-refractivity contribution in [2.45, 2.75) is 33.2 Å². The van der Waals surface area contributed by atoms with Crippen LogP contribution in [0.5, 0.6) is 0 Å². The van der Waals surface area contributed by atoms with Crippen molar-refractivity contribution in [3.63, 3.8) is 0 Å². The molecule has 0 aliphatic carbocycles. The van der Waals surface area contributed by atoms with Crippen LogP contribution in [0.1, 0.15) is 34.8 Å². The molecule has 31 heavy (non-hydrogen) atoms. The van der Waals surface area contributed by atoms with Gasteiger partial charge in [0, 0.05) is 12.1 Å². The van der Waals surface area contributed by atoms with E-state index in [0.717, 1.165) is 22.3 Å². The summed E-state index contributed by atoms with van der Waals surface area (Å²) in [5, 5.41) is 9.90. The number of carboxylic acid groups (broad SMARTS) is 1. The smallest absolute Gasteiger partial charge is 0.412 e. The van der Waals surface area contributed by atoms with Gasteiger partial charge in [-0.1, -0.05) is 55.5 Å². The molecule has 1 unspecified atom stereocenters. The average Bonchev–Trinajstić information content (AvgIpc) is 2.79. The molecule has 0 saturated heterocycles. The van der Waals surface area contributed by atoms with Crippen molar-refractivity contribution >= 4 is 23.4 Å². The van der Waals surface area contributed by atoms with Gasteiger partial charge >= 0.3 is 6.09 Å². The summed E-state index contributed by atoms with van der Waals surface area (Å²) in [6.45, 7) is 6.21. The Morgan fingerprint density at radius 3 is 2.19 bits per heavy atom. The lowest BCUT2D eigenvalue weighted by atomic mass is 9.96. The molecule has 4 rings (SSSR count). The molecule has 3 aromatic carbocycles. The second-order valence-corrected chi connectivity index (χ2v) is 7.97. The number of benzene rings is 3. The summed E-state index contributed by atoms with van der Waals surface area (Å²) in [6, 6.07) is 20.9. The molecule has 1 aliphatic rings. The van der Waals surface area contributed by atoms with E-state index in [2.05, 4.69) is 0 Å². The number of carbonyl (C=O) groups is 2. The Labute approximate surface area is 182 Å². The molecule has 5 nitrogen and oxygen atoms in total. The third-order valence-electron chi connectivity index (χ3n) is 6.06. The van der Waals surface area contributed by atoms with Gasteiger partial charge < -0.3 is 10.0 Å². The van der Waals surface area contributed by atoms with Crippen LogP contribution < -0.4 is 9.80 Å². The van der Waals surface area contributed by atoms with E-state index in [0.29, 0.717) is 29.9 Å². The van der Waals surface area contributed by atoms with E-state index in [4.69, 9.17) is 0 Å². The van der Waals surface area contributed by atoms with E-state index >= 15 is 0 Å². The van der Waals surface area contributed by atoms with Crippen LogP contribution in [0.15, 0.2) is 66.7 Å². The summed E-state index contributed by atoms with van der Waals surface area (Å²) in [5.41, 5.74) is 5.68. The molecule has 158 valence electrons. The van der Waals surface area contributed by atoms with Crippen LogP contribution in [0.4, 0.5) is 16.2 Å². The van der Waals surface area contributed by atoms with Gasteiger partial charge in [0.1, 0.15) is 0 Å². The first-order valence-electron chi connectivity index (χ1n) is 10.5. The molecule has 1 aliphatic heterocycles. The maximum atomic E-state index is 13.9. The van der Waals surface area contributed by atoms with Crippen LogP contribution >= 0.6 is 0 Å². The summed E-state index contributed by atoms with van der Waals surface area (Å²) < 4.78 is 0. The van der Waals surface area contributed by atoms with E-state index in [1.807, 2.05) is 87.5 Å². The Morgan fingerprint density at radius 2 is 1.55 bits per heavy atom. The maximum Gasteiger partial charge on any atom is 0.412 e. The third-order valence-corrected chi connectivity index (χ3v) is 6.06. The van der Waals surface area contributed by atoms with E-state index < -0.39 is 6.09 Å². The molecular formula is C26H26N2O3. The standard InChI is InChI=1S/C26H26N2O3/c1-4-20-16-27(23-14-17(2)18(3)15-24(23)28(20)26(30)31)25(29)22-13-9-8-12-21(22)19-10-6-5-7-11-19/h5-15,20H,4,16H2,1-3H3,(H,30,31). The summed E-state index contributed by atoms with van der Waals surface area (Å²) >= 11 is 0. The van der Waals surface area contributed by atoms with Gasteiger partial charge in [0.05, 0.1) is 17.4 Å². The normalized spacial score (nSPS) is 15.5. The van der Waals surface area contributed by atoms with Crippen molar-refractivity contribution in [1.29, 1.82) is 0 Å². The predicted molar refractivity (Wildman–Crippen MR) is 124 cm³/mol. The zero-order valence-electron chi connectivity index (χ0n) is 18.0. The second-order valence-electron chi connectivity index (χ2n) is 7.97. The van der Waals surface area contributed by atoms with E-state index in [1.54, 1.807) is 4.90 Å². The van der Waals surface area contributed by atoms with Crippen LogP contribution in [-0.4, -0.2) is 29.7 Å². The topological polar surface area (TPSA) is 60.9 Å². The molecule has 0 aromatic heterocycles. The number of hydrogen-bond acceptors (Lipinski definition) is 2. The van der Waals surface area contributed by atoms with Gasteiger partial charge in [-0.2, -0.15) is 0 Å². The minimum Gasteiger partial charge on any atom is -0.465 e. The molecule has 1 heterocycles. The number of fused-ring (bicyclic) bond motifs is 1. The van der Waals surface area contributed by atoms with Gasteiger partial charge in [0.2, 0.25) is 0 Å². The highest BCUT2D eigenvalue weighted by atomic mass is 16.4. The minimum atomic E-state index is -0.992. The van der Waals surface area contributed by atoms with Crippen molar-refractivity contribution in [2.75, 3.05) is 16.3 Å². The van der Waals surface area contributed by atoms with Crippen molar-refractivity contribution in [3.05, 3.63) is 83.4 Å². The van der Waals surface area contributed by atoms with Crippen LogP contribution in [0.25, 0.3) is 11.1 Å². The molecule has 0 fully saturated rings. The average molecular weight is 415 g/mol. The molecular weight excluding hydrogens is 388 g/mol. The maximum absolute atomic E-state index is 13.9. The summed E-state index contributed by atoms with van der Waals surface area (Å²) in [6.07, 6.45) is -0.379. The first-order valence-corrected chi connectivity index (χ1v) is 10.5. The highest BCUT2D eigenvalue weighted by molar-refractivity contribution is 6.13. The van der Waals surface area contributed by atoms with Gasteiger partial charge in [-0.25, -0.2) is 4.79 Å². The zero-order valence-corrected chi connectivity index (χ0v) is 18.0. The first kappa shape index (κ1) is 20.7. The monoisotopic (exact) mass is 414 g/mol. The van der Waals surface area contributed by atoms with Gasteiger partial charge in [-0.05, 0) is 60.7 Å². The molecule has 0 spiro atoms. The van der Waals surface area contributed by atoms with Crippen LogP contribution in [0.3, 0.4) is 0 Å². The number of rotatable bonds is 3. The number of amides is 2. The third kappa shape index (κ3) is 3.67. The Morgan fingerprint density at radius 1 is 0.935 bits per heavy atom. The molecule has 0 saturated carbocycles. The predicted octanol–water partition coefficient (Wildman–Crippen LogP) is 5.89. The van der Waals surface area contributed by atoms with E-state index in [-0.39, 0.29) is 11.9 Å². The summed E-state index contributed by atoms with van der Waals surface area (Å²) in [5.74, 6) is -0.118. The van der Waals surface area contributed by atoms with Crippen molar-refractivity contribution in [3.8, 4) is 11.1 Å². The van der Waals surface area contributed by atoms with Gasteiger partial charge in [0.15, 0.2) is 0 Å². The molecule has 5 heteroatoms. The number of anilines is 2. The SMILES string of the molecule is CCC1CN(C(=O)c2ccccc2-c2ccccc2)c2cc(C)c(C)cc2N1C(=O)O. The van der Waals surface area contributed by atoms with Crippen LogP contribution in [0, 0.1) is 13.8 Å². The fourth-order valence-electron chi connectivity index (χ4n) is 4.23. The number of aryl methyl sites for hydroxylation is 2. The fraction of sp³-hybridized carbons (Fsp3) is 0.231. The summed E-state index contributed by atoms with van der Waals surface area (Å²) in [7, 11) is 0. The Bertz CT molecular complexity index is 1140. The second kappa shape index (κ2) is 8.26. The van der Waals surface area contributed by atoms with Gasteiger partial charge in [-0.3, -0.25) is 9.69 Å². The number of nitrogens with zero attached hydrogens (tertiary/aromatic N) is 2. The molecule has 0 radical (unpaired) electrons. The highest BCUT2D eigenvalue weighted by Gasteiger charge is 2.37. The molecule has 0 bridgehead atoms. The zero-order chi connectivity index (χ0) is 22.1. The fourth-order valence-corrected chi connectivity index (χ4v) is 4.23. The molecule has 1 N–H and O–H groups in total. The lowest BCUT2D eigenvalue weighted by Gasteiger charge is -2.41. The Balaban J connectivity index is 1.86. The lowest BCUT2D eigenvalue weighted by molar-refractivity contribution is 0.0983. The lowest BCUT2D eigenvalue weighted by Crippen LogP contribution is -2.52.